The van der Waals surface area contributed by atoms with Crippen LogP contribution in [0, 0.1) is 17.7 Å². The van der Waals surface area contributed by atoms with Crippen LogP contribution in [0.5, 0.6) is 0 Å². The van der Waals surface area contributed by atoms with Gasteiger partial charge in [0.25, 0.3) is 0 Å². The van der Waals surface area contributed by atoms with E-state index in [0.717, 1.165) is 0 Å². The molecule has 31 heavy (non-hydrogen) atoms. The van der Waals surface area contributed by atoms with E-state index in [9.17, 15) is 27.2 Å². The molecule has 3 fully saturated rings. The summed E-state index contributed by atoms with van der Waals surface area (Å²) in [6.45, 7) is 0.162. The number of halogens is 4. The predicted molar refractivity (Wildman–Crippen MR) is 101 cm³/mol. The van der Waals surface area contributed by atoms with Crippen LogP contribution >= 0.6 is 0 Å². The van der Waals surface area contributed by atoms with E-state index >= 15 is 0 Å². The molecule has 1 aromatic rings. The number of hydrogen-bond donors (Lipinski definition) is 0. The van der Waals surface area contributed by atoms with Gasteiger partial charge in [0.05, 0.1) is 12.2 Å². The Balaban J connectivity index is 1.36. The van der Waals surface area contributed by atoms with Crippen molar-refractivity contribution >= 4 is 11.8 Å². The van der Waals surface area contributed by atoms with Crippen molar-refractivity contribution in [2.75, 3.05) is 39.4 Å². The summed E-state index contributed by atoms with van der Waals surface area (Å²) in [6.07, 6.45) is -4.32. The van der Waals surface area contributed by atoms with Crippen molar-refractivity contribution in [3.8, 4) is 0 Å². The second-order valence-electron chi connectivity index (χ2n) is 8.43. The number of carbonyl (C=O) groups is 2. The van der Waals surface area contributed by atoms with Crippen LogP contribution in [-0.4, -0.2) is 73.3 Å². The lowest BCUT2D eigenvalue weighted by atomic mass is 9.87. The highest BCUT2D eigenvalue weighted by molar-refractivity contribution is 5.81. The van der Waals surface area contributed by atoms with E-state index in [2.05, 4.69) is 0 Å². The molecule has 3 saturated heterocycles. The van der Waals surface area contributed by atoms with Crippen molar-refractivity contribution in [3.05, 3.63) is 35.6 Å². The highest BCUT2D eigenvalue weighted by Crippen LogP contribution is 2.36. The summed E-state index contributed by atoms with van der Waals surface area (Å²) in [5, 5.41) is 0. The number of amides is 2. The molecule has 170 valence electrons. The molecular weight excluding hydrogens is 420 g/mol. The number of benzene rings is 1. The van der Waals surface area contributed by atoms with Crippen molar-refractivity contribution in [2.24, 2.45) is 11.8 Å². The first-order chi connectivity index (χ1) is 14.7. The lowest BCUT2D eigenvalue weighted by molar-refractivity contribution is -0.196. The maximum absolute atomic E-state index is 13.2. The van der Waals surface area contributed by atoms with Crippen molar-refractivity contribution < 1.29 is 36.6 Å². The van der Waals surface area contributed by atoms with E-state index in [0.29, 0.717) is 31.5 Å². The SMILES string of the molecule is O=C1CO[C@H]2CCN(C(=O)N3CC(C(OCC(F)(F)F)c4ccc(F)cc4)C3)C[C@H]2C1. The van der Waals surface area contributed by atoms with E-state index in [1.54, 1.807) is 9.80 Å². The van der Waals surface area contributed by atoms with Crippen LogP contribution in [0.4, 0.5) is 22.4 Å². The third-order valence-corrected chi connectivity index (χ3v) is 6.12. The Labute approximate surface area is 177 Å². The number of hydrogen-bond acceptors (Lipinski definition) is 4. The van der Waals surface area contributed by atoms with Crippen LogP contribution in [0.25, 0.3) is 0 Å². The number of nitrogens with zero attached hydrogens (tertiary/aromatic N) is 2. The Morgan fingerprint density at radius 1 is 1.16 bits per heavy atom. The van der Waals surface area contributed by atoms with E-state index in [1.807, 2.05) is 0 Å². The number of urea groups is 1. The summed E-state index contributed by atoms with van der Waals surface area (Å²) in [5.74, 6) is -0.798. The zero-order valence-electron chi connectivity index (χ0n) is 16.8. The number of carbonyl (C=O) groups excluding carboxylic acids is 2. The lowest BCUT2D eigenvalue weighted by Crippen LogP contribution is -2.59. The molecule has 0 N–H and O–H groups in total. The van der Waals surface area contributed by atoms with Gasteiger partial charge in [0.2, 0.25) is 0 Å². The molecule has 0 aromatic heterocycles. The van der Waals surface area contributed by atoms with Crippen LogP contribution < -0.4 is 0 Å². The Kier molecular flexibility index (Phi) is 6.20. The summed E-state index contributed by atoms with van der Waals surface area (Å²) < 4.78 is 62.0. The van der Waals surface area contributed by atoms with E-state index in [4.69, 9.17) is 9.47 Å². The number of alkyl halides is 3. The van der Waals surface area contributed by atoms with Gasteiger partial charge < -0.3 is 19.3 Å². The quantitative estimate of drug-likeness (QED) is 0.670. The van der Waals surface area contributed by atoms with Gasteiger partial charge in [0.1, 0.15) is 19.0 Å². The van der Waals surface area contributed by atoms with Crippen LogP contribution in [0.3, 0.4) is 0 Å². The number of fused-ring (bicyclic) bond motifs is 1. The molecule has 3 heterocycles. The fraction of sp³-hybridized carbons (Fsp3) is 0.619. The van der Waals surface area contributed by atoms with Crippen LogP contribution in [0.2, 0.25) is 0 Å². The first-order valence-electron chi connectivity index (χ1n) is 10.3. The number of likely N-dealkylation sites (tertiary alicyclic amines) is 2. The number of rotatable bonds is 4. The summed E-state index contributed by atoms with van der Waals surface area (Å²) >= 11 is 0. The number of piperidine rings is 1. The van der Waals surface area contributed by atoms with Crippen molar-refractivity contribution in [1.29, 1.82) is 0 Å². The van der Waals surface area contributed by atoms with Gasteiger partial charge in [-0.15, -0.1) is 0 Å². The van der Waals surface area contributed by atoms with Gasteiger partial charge in [-0.05, 0) is 24.1 Å². The molecule has 6 nitrogen and oxygen atoms in total. The Hall–Kier alpha value is -2.20. The third-order valence-electron chi connectivity index (χ3n) is 6.12. The smallest absolute Gasteiger partial charge is 0.370 e. The Morgan fingerprint density at radius 2 is 1.87 bits per heavy atom. The topological polar surface area (TPSA) is 59.1 Å². The Bertz CT molecular complexity index is 811. The summed E-state index contributed by atoms with van der Waals surface area (Å²) in [4.78, 5) is 27.8. The zero-order chi connectivity index (χ0) is 22.2. The fourth-order valence-electron chi connectivity index (χ4n) is 4.55. The highest BCUT2D eigenvalue weighted by atomic mass is 19.4. The minimum atomic E-state index is -4.48. The van der Waals surface area contributed by atoms with E-state index in [1.165, 1.54) is 24.3 Å². The molecule has 10 heteroatoms. The molecule has 3 atom stereocenters. The molecule has 2 amide bonds. The van der Waals surface area contributed by atoms with Gasteiger partial charge in [-0.25, -0.2) is 9.18 Å². The van der Waals surface area contributed by atoms with Gasteiger partial charge in [-0.2, -0.15) is 13.2 Å². The molecule has 3 aliphatic heterocycles. The van der Waals surface area contributed by atoms with Crippen LogP contribution in [-0.2, 0) is 14.3 Å². The third kappa shape index (κ3) is 5.17. The van der Waals surface area contributed by atoms with Gasteiger partial charge in [-0.1, -0.05) is 12.1 Å². The summed E-state index contributed by atoms with van der Waals surface area (Å²) in [5.41, 5.74) is 0.446. The molecule has 0 bridgehead atoms. The zero-order valence-corrected chi connectivity index (χ0v) is 16.8. The van der Waals surface area contributed by atoms with Crippen molar-refractivity contribution in [1.82, 2.24) is 9.80 Å². The summed E-state index contributed by atoms with van der Waals surface area (Å²) in [6, 6.07) is 4.98. The summed E-state index contributed by atoms with van der Waals surface area (Å²) in [7, 11) is 0. The van der Waals surface area contributed by atoms with Crippen LogP contribution in [0.15, 0.2) is 24.3 Å². The monoisotopic (exact) mass is 444 g/mol. The van der Waals surface area contributed by atoms with E-state index < -0.39 is 24.7 Å². The first-order valence-corrected chi connectivity index (χ1v) is 10.3. The normalized spacial score (nSPS) is 25.7. The number of ether oxygens (including phenoxy) is 2. The van der Waals surface area contributed by atoms with Gasteiger partial charge in [-0.3, -0.25) is 4.79 Å². The molecule has 4 rings (SSSR count). The maximum atomic E-state index is 13.2. The largest absolute Gasteiger partial charge is 0.411 e. The maximum Gasteiger partial charge on any atom is 0.411 e. The van der Waals surface area contributed by atoms with Crippen molar-refractivity contribution in [2.45, 2.75) is 31.2 Å². The minimum absolute atomic E-state index is 0.00971. The fourth-order valence-corrected chi connectivity index (χ4v) is 4.55. The lowest BCUT2D eigenvalue weighted by Gasteiger charge is -2.47. The minimum Gasteiger partial charge on any atom is -0.370 e. The molecule has 0 aliphatic carbocycles. The van der Waals surface area contributed by atoms with Gasteiger partial charge >= 0.3 is 12.2 Å². The molecule has 0 radical (unpaired) electrons. The molecule has 0 saturated carbocycles. The average molecular weight is 444 g/mol. The van der Waals surface area contributed by atoms with Crippen LogP contribution in [0.1, 0.15) is 24.5 Å². The highest BCUT2D eigenvalue weighted by Gasteiger charge is 2.43. The molecular formula is C21H24F4N2O4. The number of Topliss-reactive ketones (excluding diaryl/α,β-unsaturated/α-hetero) is 1. The number of ketones is 1. The average Bonchev–Trinajstić information content (AvgIpc) is 2.68. The Morgan fingerprint density at radius 3 is 2.55 bits per heavy atom. The van der Waals surface area contributed by atoms with Gasteiger partial charge in [0, 0.05) is 44.4 Å². The molecule has 0 spiro atoms. The molecule has 1 unspecified atom stereocenters. The standard InChI is InChI=1S/C21H24F4N2O4/c22-16-3-1-13(2-4-16)19(31-12-21(23,24)25)15-9-27(10-15)20(29)26-6-5-18-14(8-26)7-17(28)11-30-18/h1-4,14-15,18-19H,5-12H2/t14-,18+,19?/m1/s1. The van der Waals surface area contributed by atoms with E-state index in [-0.39, 0.29) is 49.5 Å². The molecule has 1 aromatic carbocycles. The van der Waals surface area contributed by atoms with Gasteiger partial charge in [0.15, 0.2) is 5.78 Å². The molecule has 3 aliphatic rings. The second kappa shape index (κ2) is 8.74. The van der Waals surface area contributed by atoms with Crippen molar-refractivity contribution in [3.63, 3.8) is 0 Å². The second-order valence-corrected chi connectivity index (χ2v) is 8.43. The first kappa shape index (κ1) is 22.0. The predicted octanol–water partition coefficient (Wildman–Crippen LogP) is 3.18.